The Morgan fingerprint density at radius 2 is 2.00 bits per heavy atom. The molecule has 4 N–H and O–H groups in total. The van der Waals surface area contributed by atoms with Crippen LogP contribution in [0.3, 0.4) is 0 Å². The number of aryl methyl sites for hydroxylation is 1. The maximum Gasteiger partial charge on any atom is 0.323 e. The van der Waals surface area contributed by atoms with Crippen molar-refractivity contribution < 1.29 is 24.5 Å². The molecule has 0 saturated carbocycles. The van der Waals surface area contributed by atoms with E-state index in [0.29, 0.717) is 5.82 Å². The van der Waals surface area contributed by atoms with Gasteiger partial charge in [-0.15, -0.1) is 0 Å². The summed E-state index contributed by atoms with van der Waals surface area (Å²) >= 11 is 6.20. The van der Waals surface area contributed by atoms with Gasteiger partial charge in [0.25, 0.3) is 0 Å². The molecule has 2 atom stereocenters. The van der Waals surface area contributed by atoms with Crippen molar-refractivity contribution in [3.8, 4) is 0 Å². The number of rotatable bonds is 5. The summed E-state index contributed by atoms with van der Waals surface area (Å²) in [6.07, 6.45) is 0.120. The number of aliphatic hydroxyl groups is 3. The smallest absolute Gasteiger partial charge is 0.323 e. The van der Waals surface area contributed by atoms with Gasteiger partial charge in [-0.2, -0.15) is 0 Å². The average molecular weight is 439 g/mol. The first-order valence-electron chi connectivity index (χ1n) is 9.54. The van der Waals surface area contributed by atoms with Gasteiger partial charge in [-0.05, 0) is 24.6 Å². The van der Waals surface area contributed by atoms with Gasteiger partial charge in [-0.25, -0.2) is 14.2 Å². The molecule has 2 aromatic rings. The molecular formula is C20H24ClFN4O4. The van der Waals surface area contributed by atoms with Gasteiger partial charge in [-0.3, -0.25) is 10.3 Å². The third-order valence-corrected chi connectivity index (χ3v) is 5.46. The lowest BCUT2D eigenvalue weighted by Crippen LogP contribution is -2.45. The molecule has 1 fully saturated rings. The molecule has 3 heterocycles. The third kappa shape index (κ3) is 4.86. The maximum absolute atomic E-state index is 15.6. The van der Waals surface area contributed by atoms with Crippen LogP contribution in [0, 0.1) is 6.92 Å². The van der Waals surface area contributed by atoms with E-state index in [2.05, 4.69) is 15.3 Å². The fraction of sp³-hybridized carbons (Fsp3) is 0.450. The lowest BCUT2D eigenvalue weighted by Gasteiger charge is -2.36. The van der Waals surface area contributed by atoms with E-state index in [-0.39, 0.29) is 48.2 Å². The predicted molar refractivity (Wildman–Crippen MR) is 109 cm³/mol. The Morgan fingerprint density at radius 3 is 2.57 bits per heavy atom. The predicted octanol–water partition coefficient (Wildman–Crippen LogP) is 2.32. The van der Waals surface area contributed by atoms with Crippen molar-refractivity contribution in [1.29, 1.82) is 0 Å². The number of hydrogen-bond acceptors (Lipinski definition) is 6. The average Bonchev–Trinajstić information content (AvgIpc) is 2.74. The normalized spacial score (nSPS) is 18.0. The van der Waals surface area contributed by atoms with E-state index >= 15 is 4.39 Å². The second-order valence-electron chi connectivity index (χ2n) is 7.40. The number of nitrogens with zero attached hydrogens (tertiary/aromatic N) is 3. The molecule has 1 saturated heterocycles. The van der Waals surface area contributed by atoms with Gasteiger partial charge in [0.1, 0.15) is 18.0 Å². The fourth-order valence-electron chi connectivity index (χ4n) is 3.30. The van der Waals surface area contributed by atoms with Crippen LogP contribution in [0.25, 0.3) is 0 Å². The number of pyridine rings is 2. The van der Waals surface area contributed by atoms with Crippen LogP contribution in [0.1, 0.15) is 35.8 Å². The van der Waals surface area contributed by atoms with Crippen LogP contribution in [0.4, 0.5) is 15.0 Å². The zero-order valence-electron chi connectivity index (χ0n) is 16.4. The molecule has 30 heavy (non-hydrogen) atoms. The minimum absolute atomic E-state index is 0.00956. The summed E-state index contributed by atoms with van der Waals surface area (Å²) in [6, 6.07) is 4.50. The largest absolute Gasteiger partial charge is 0.394 e. The molecule has 8 nitrogen and oxygen atoms in total. The summed E-state index contributed by atoms with van der Waals surface area (Å²) in [4.78, 5) is 22.1. The highest BCUT2D eigenvalue weighted by molar-refractivity contribution is 6.31. The quantitative estimate of drug-likeness (QED) is 0.569. The number of amides is 2. The van der Waals surface area contributed by atoms with Gasteiger partial charge >= 0.3 is 6.03 Å². The monoisotopic (exact) mass is 438 g/mol. The van der Waals surface area contributed by atoms with Gasteiger partial charge in [0.05, 0.1) is 17.3 Å². The zero-order valence-corrected chi connectivity index (χ0v) is 17.2. The SMILES string of the molecule is Cc1ccc(NC(=O)N2CCC(F)(c3ncc([C@H](O)[C@@H](O)CO)cc3Cl)CC2)nc1. The van der Waals surface area contributed by atoms with Crippen molar-refractivity contribution in [2.45, 2.75) is 37.6 Å². The van der Waals surface area contributed by atoms with Crippen molar-refractivity contribution in [3.05, 3.63) is 52.4 Å². The van der Waals surface area contributed by atoms with Crippen LogP contribution >= 0.6 is 11.6 Å². The van der Waals surface area contributed by atoms with E-state index in [0.717, 1.165) is 5.56 Å². The van der Waals surface area contributed by atoms with E-state index in [1.807, 2.05) is 13.0 Å². The number of carbonyl (C=O) groups is 1. The van der Waals surface area contributed by atoms with Crippen molar-refractivity contribution >= 4 is 23.4 Å². The van der Waals surface area contributed by atoms with Crippen molar-refractivity contribution in [2.75, 3.05) is 25.0 Å². The topological polar surface area (TPSA) is 119 Å². The summed E-state index contributed by atoms with van der Waals surface area (Å²) < 4.78 is 15.6. The first-order valence-corrected chi connectivity index (χ1v) is 9.92. The van der Waals surface area contributed by atoms with Crippen LogP contribution in [0.15, 0.2) is 30.6 Å². The number of alkyl halides is 1. The van der Waals surface area contributed by atoms with Gasteiger partial charge in [-0.1, -0.05) is 17.7 Å². The molecular weight excluding hydrogens is 415 g/mol. The fourth-order valence-corrected chi connectivity index (χ4v) is 3.64. The molecule has 2 amide bonds. The van der Waals surface area contributed by atoms with Crippen LogP contribution in [0.5, 0.6) is 0 Å². The van der Waals surface area contributed by atoms with Gasteiger partial charge in [0.2, 0.25) is 0 Å². The summed E-state index contributed by atoms with van der Waals surface area (Å²) in [5, 5.41) is 31.2. The summed E-state index contributed by atoms with van der Waals surface area (Å²) in [7, 11) is 0. The number of likely N-dealkylation sites (tertiary alicyclic amines) is 1. The lowest BCUT2D eigenvalue weighted by molar-refractivity contribution is -0.0155. The van der Waals surface area contributed by atoms with E-state index in [4.69, 9.17) is 16.7 Å². The molecule has 0 bridgehead atoms. The number of anilines is 1. The van der Waals surface area contributed by atoms with Gasteiger partial charge in [0, 0.05) is 43.9 Å². The Bertz CT molecular complexity index is 891. The van der Waals surface area contributed by atoms with E-state index in [1.54, 1.807) is 12.3 Å². The first kappa shape index (κ1) is 22.4. The third-order valence-electron chi connectivity index (χ3n) is 5.17. The minimum atomic E-state index is -1.82. The molecule has 162 valence electrons. The van der Waals surface area contributed by atoms with E-state index in [9.17, 15) is 15.0 Å². The maximum atomic E-state index is 15.6. The number of nitrogens with one attached hydrogen (secondary N) is 1. The number of carbonyl (C=O) groups excluding carboxylic acids is 1. The highest BCUT2D eigenvalue weighted by atomic mass is 35.5. The van der Waals surface area contributed by atoms with Crippen LogP contribution in [-0.4, -0.2) is 62.0 Å². The second kappa shape index (κ2) is 9.22. The Balaban J connectivity index is 1.65. The molecule has 1 aliphatic rings. The molecule has 10 heteroatoms. The Morgan fingerprint density at radius 1 is 1.30 bits per heavy atom. The summed E-state index contributed by atoms with van der Waals surface area (Å²) in [5.74, 6) is 0.423. The molecule has 1 aliphatic heterocycles. The molecule has 2 aromatic heterocycles. The zero-order chi connectivity index (χ0) is 21.9. The number of hydrogen-bond donors (Lipinski definition) is 4. The van der Waals surface area contributed by atoms with E-state index < -0.39 is 24.5 Å². The molecule has 0 aromatic carbocycles. The molecule has 0 radical (unpaired) electrons. The number of halogens is 2. The van der Waals surface area contributed by atoms with Crippen molar-refractivity contribution in [2.24, 2.45) is 0 Å². The van der Waals surface area contributed by atoms with E-state index in [1.165, 1.54) is 17.2 Å². The summed E-state index contributed by atoms with van der Waals surface area (Å²) in [6.45, 7) is 1.59. The van der Waals surface area contributed by atoms with Gasteiger partial charge < -0.3 is 20.2 Å². The Kier molecular flexibility index (Phi) is 6.87. The van der Waals surface area contributed by atoms with Crippen LogP contribution in [0.2, 0.25) is 5.02 Å². The lowest BCUT2D eigenvalue weighted by atomic mass is 9.89. The van der Waals surface area contributed by atoms with Crippen LogP contribution in [-0.2, 0) is 5.67 Å². The summed E-state index contributed by atoms with van der Waals surface area (Å²) in [5.41, 5.74) is -0.646. The van der Waals surface area contributed by atoms with Gasteiger partial charge in [0.15, 0.2) is 5.67 Å². The first-order chi connectivity index (χ1) is 14.2. The van der Waals surface area contributed by atoms with Crippen LogP contribution < -0.4 is 5.32 Å². The molecule has 0 spiro atoms. The highest BCUT2D eigenvalue weighted by Crippen LogP contribution is 2.40. The second-order valence-corrected chi connectivity index (χ2v) is 7.80. The standard InChI is InChI=1S/C20H24ClFN4O4/c1-12-2-3-16(23-9-12)25-19(30)26-6-4-20(22,5-7-26)18-14(21)8-13(10-24-18)17(29)15(28)11-27/h2-3,8-10,15,17,27-29H,4-7,11H2,1H3,(H,23,25,30)/t15-,17-/m0/s1. The Labute approximate surface area is 178 Å². The number of aromatic nitrogens is 2. The minimum Gasteiger partial charge on any atom is -0.394 e. The van der Waals surface area contributed by atoms with Crippen molar-refractivity contribution in [3.63, 3.8) is 0 Å². The number of aliphatic hydroxyl groups excluding tert-OH is 3. The molecule has 0 aliphatic carbocycles. The number of urea groups is 1. The highest BCUT2D eigenvalue weighted by Gasteiger charge is 2.40. The number of piperidine rings is 1. The molecule has 3 rings (SSSR count). The molecule has 0 unspecified atom stereocenters. The Hall–Kier alpha value is -2.33. The van der Waals surface area contributed by atoms with Crippen molar-refractivity contribution in [1.82, 2.24) is 14.9 Å².